The van der Waals surface area contributed by atoms with Gasteiger partial charge in [-0.2, -0.15) is 13.2 Å². The number of benzene rings is 2. The lowest BCUT2D eigenvalue weighted by Gasteiger charge is -2.25. The Morgan fingerprint density at radius 1 is 1.09 bits per heavy atom. The van der Waals surface area contributed by atoms with Crippen LogP contribution >= 0.6 is 0 Å². The summed E-state index contributed by atoms with van der Waals surface area (Å²) in [6.07, 6.45) is -3.29. The monoisotopic (exact) mass is 488 g/mol. The minimum Gasteiger partial charge on any atom is -0.342 e. The third kappa shape index (κ3) is 6.46. The molecule has 11 heteroatoms. The van der Waals surface area contributed by atoms with Gasteiger partial charge in [0.1, 0.15) is 12.6 Å². The van der Waals surface area contributed by atoms with E-state index >= 15 is 0 Å². The first-order chi connectivity index (χ1) is 16.5. The molecule has 0 bridgehead atoms. The molecule has 1 heterocycles. The van der Waals surface area contributed by atoms with E-state index in [0.29, 0.717) is 5.56 Å². The molecule has 8 nitrogen and oxygen atoms in total. The van der Waals surface area contributed by atoms with Crippen LogP contribution in [0.25, 0.3) is 0 Å². The number of likely N-dealkylation sites (N-methyl/N-ethyl adjacent to an activating group) is 1. The number of halogens is 3. The molecule has 2 N–H and O–H groups in total. The van der Waals surface area contributed by atoms with Crippen LogP contribution in [0, 0.1) is 6.92 Å². The molecule has 2 aromatic carbocycles. The molecular weight excluding hydrogens is 465 g/mol. The highest BCUT2D eigenvalue weighted by Gasteiger charge is 2.32. The zero-order valence-electron chi connectivity index (χ0n) is 18.9. The molecule has 184 valence electrons. The number of aromatic amines is 1. The lowest BCUT2D eigenvalue weighted by Crippen LogP contribution is -2.50. The Kier molecular flexibility index (Phi) is 7.58. The highest BCUT2D eigenvalue weighted by molar-refractivity contribution is 5.99. The minimum absolute atomic E-state index is 0.00427. The van der Waals surface area contributed by atoms with Gasteiger partial charge in [-0.05, 0) is 30.7 Å². The lowest BCUT2D eigenvalue weighted by molar-refractivity contribution is -0.137. The highest BCUT2D eigenvalue weighted by atomic mass is 19.4. The number of hydrogen-bond donors (Lipinski definition) is 2. The van der Waals surface area contributed by atoms with Crippen molar-refractivity contribution in [2.24, 2.45) is 0 Å². The van der Waals surface area contributed by atoms with Crippen LogP contribution in [-0.4, -0.2) is 34.5 Å². The molecule has 0 aliphatic carbocycles. The number of anilines is 1. The third-order valence-corrected chi connectivity index (χ3v) is 5.31. The predicted octanol–water partition coefficient (Wildman–Crippen LogP) is 2.25. The van der Waals surface area contributed by atoms with E-state index in [2.05, 4.69) is 10.3 Å². The van der Waals surface area contributed by atoms with Crippen molar-refractivity contribution in [1.29, 1.82) is 0 Å². The van der Waals surface area contributed by atoms with Crippen molar-refractivity contribution in [2.75, 3.05) is 11.9 Å². The molecule has 3 aromatic rings. The molecule has 2 amide bonds. The number of aryl methyl sites for hydroxylation is 1. The molecule has 0 aliphatic rings. The van der Waals surface area contributed by atoms with E-state index in [1.54, 1.807) is 30.3 Å². The van der Waals surface area contributed by atoms with Gasteiger partial charge in [0.2, 0.25) is 11.8 Å². The van der Waals surface area contributed by atoms with Crippen LogP contribution in [0.15, 0.2) is 70.4 Å². The van der Waals surface area contributed by atoms with Gasteiger partial charge in [-0.15, -0.1) is 0 Å². The molecule has 0 spiro atoms. The molecule has 1 atom stereocenters. The number of carbonyl (C=O) groups excluding carboxylic acids is 2. The second-order valence-electron chi connectivity index (χ2n) is 7.95. The van der Waals surface area contributed by atoms with Gasteiger partial charge in [0.05, 0.1) is 5.56 Å². The number of rotatable bonds is 7. The molecule has 0 fully saturated rings. The SMILES string of the molecule is Cc1cn(CC(=O)N[C@@H](Cc2ccccc2)C(=O)N(C)c2cccc(C(F)(F)F)c2)c(=O)[nH]c1=O. The van der Waals surface area contributed by atoms with Crippen LogP contribution in [0.5, 0.6) is 0 Å². The normalized spacial score (nSPS) is 12.1. The van der Waals surface area contributed by atoms with Crippen molar-refractivity contribution in [3.05, 3.63) is 98.3 Å². The first kappa shape index (κ1) is 25.5. The number of H-pyrrole nitrogens is 1. The second kappa shape index (κ2) is 10.4. The van der Waals surface area contributed by atoms with Gasteiger partial charge in [-0.1, -0.05) is 36.4 Å². The Morgan fingerprint density at radius 2 is 1.77 bits per heavy atom. The van der Waals surface area contributed by atoms with E-state index in [1.807, 2.05) is 0 Å². The summed E-state index contributed by atoms with van der Waals surface area (Å²) in [6.45, 7) is 1.00. The summed E-state index contributed by atoms with van der Waals surface area (Å²) >= 11 is 0. The molecule has 0 aliphatic heterocycles. The van der Waals surface area contributed by atoms with E-state index in [4.69, 9.17) is 0 Å². The van der Waals surface area contributed by atoms with Crippen molar-refractivity contribution in [2.45, 2.75) is 32.1 Å². The summed E-state index contributed by atoms with van der Waals surface area (Å²) in [4.78, 5) is 52.7. The van der Waals surface area contributed by atoms with E-state index in [-0.39, 0.29) is 17.7 Å². The summed E-state index contributed by atoms with van der Waals surface area (Å²) in [7, 11) is 1.32. The quantitative estimate of drug-likeness (QED) is 0.532. The van der Waals surface area contributed by atoms with Crippen molar-refractivity contribution < 1.29 is 22.8 Å². The van der Waals surface area contributed by atoms with E-state index < -0.39 is 47.4 Å². The Hall–Kier alpha value is -4.15. The van der Waals surface area contributed by atoms with Gasteiger partial charge in [-0.3, -0.25) is 23.9 Å². The summed E-state index contributed by atoms with van der Waals surface area (Å²) in [5.41, 5.74) is -1.34. The van der Waals surface area contributed by atoms with Gasteiger partial charge in [-0.25, -0.2) is 4.79 Å². The standard InChI is InChI=1S/C24H23F3N4O4/c1-15-13-31(23(35)29-21(15)33)14-20(32)28-19(11-16-7-4-3-5-8-16)22(34)30(2)18-10-6-9-17(12-18)24(25,26)27/h3-10,12-13,19H,11,14H2,1-2H3,(H,28,32)(H,29,33,35)/t19-/m0/s1. The second-order valence-corrected chi connectivity index (χ2v) is 7.95. The molecule has 3 rings (SSSR count). The number of hydrogen-bond acceptors (Lipinski definition) is 4. The average molecular weight is 488 g/mol. The fourth-order valence-corrected chi connectivity index (χ4v) is 3.43. The number of carbonyl (C=O) groups is 2. The molecule has 0 saturated heterocycles. The number of alkyl halides is 3. The molecule has 35 heavy (non-hydrogen) atoms. The number of aromatic nitrogens is 2. The fourth-order valence-electron chi connectivity index (χ4n) is 3.43. The maximum atomic E-state index is 13.3. The zero-order chi connectivity index (χ0) is 25.8. The summed E-state index contributed by atoms with van der Waals surface area (Å²) < 4.78 is 40.4. The Bertz CT molecular complexity index is 1330. The van der Waals surface area contributed by atoms with Crippen LogP contribution in [0.2, 0.25) is 0 Å². The Labute approximate surface area is 198 Å². The highest BCUT2D eigenvalue weighted by Crippen LogP contribution is 2.31. The topological polar surface area (TPSA) is 104 Å². The zero-order valence-corrected chi connectivity index (χ0v) is 18.9. The van der Waals surface area contributed by atoms with Gasteiger partial charge in [0.25, 0.3) is 5.56 Å². The van der Waals surface area contributed by atoms with Crippen molar-refractivity contribution in [3.63, 3.8) is 0 Å². The first-order valence-electron chi connectivity index (χ1n) is 10.5. The predicted molar refractivity (Wildman–Crippen MR) is 123 cm³/mol. The average Bonchev–Trinajstić information content (AvgIpc) is 2.81. The molecule has 1 aromatic heterocycles. The minimum atomic E-state index is -4.58. The third-order valence-electron chi connectivity index (χ3n) is 5.31. The number of nitrogens with one attached hydrogen (secondary N) is 2. The van der Waals surface area contributed by atoms with Gasteiger partial charge in [0, 0.05) is 30.9 Å². The van der Waals surface area contributed by atoms with Crippen molar-refractivity contribution >= 4 is 17.5 Å². The first-order valence-corrected chi connectivity index (χ1v) is 10.5. The Morgan fingerprint density at radius 3 is 2.43 bits per heavy atom. The maximum Gasteiger partial charge on any atom is 0.416 e. The number of amides is 2. The van der Waals surface area contributed by atoms with Gasteiger partial charge < -0.3 is 10.2 Å². The molecular formula is C24H23F3N4O4. The summed E-state index contributed by atoms with van der Waals surface area (Å²) in [5, 5.41) is 2.57. The maximum absolute atomic E-state index is 13.3. The van der Waals surface area contributed by atoms with Gasteiger partial charge in [0.15, 0.2) is 0 Å². The van der Waals surface area contributed by atoms with Crippen LogP contribution in [0.4, 0.5) is 18.9 Å². The van der Waals surface area contributed by atoms with Crippen LogP contribution < -0.4 is 21.5 Å². The van der Waals surface area contributed by atoms with Crippen LogP contribution in [0.3, 0.4) is 0 Å². The van der Waals surface area contributed by atoms with Crippen molar-refractivity contribution in [3.8, 4) is 0 Å². The summed E-state index contributed by atoms with van der Waals surface area (Å²) in [5.74, 6) is -1.34. The summed E-state index contributed by atoms with van der Waals surface area (Å²) in [6, 6.07) is 11.9. The lowest BCUT2D eigenvalue weighted by atomic mass is 10.0. The number of nitrogens with zero attached hydrogens (tertiary/aromatic N) is 2. The fraction of sp³-hybridized carbons (Fsp3) is 0.250. The van der Waals surface area contributed by atoms with Crippen molar-refractivity contribution in [1.82, 2.24) is 14.9 Å². The molecule has 0 saturated carbocycles. The van der Waals surface area contributed by atoms with E-state index in [1.165, 1.54) is 32.3 Å². The van der Waals surface area contributed by atoms with E-state index in [9.17, 15) is 32.3 Å². The Balaban J connectivity index is 1.86. The van der Waals surface area contributed by atoms with Gasteiger partial charge >= 0.3 is 11.9 Å². The molecule has 0 radical (unpaired) electrons. The van der Waals surface area contributed by atoms with E-state index in [0.717, 1.165) is 21.6 Å². The smallest absolute Gasteiger partial charge is 0.342 e. The largest absolute Gasteiger partial charge is 0.416 e. The van der Waals surface area contributed by atoms with Crippen LogP contribution in [-0.2, 0) is 28.7 Å². The van der Waals surface area contributed by atoms with Crippen LogP contribution in [0.1, 0.15) is 16.7 Å². The molecule has 0 unspecified atom stereocenters.